The van der Waals surface area contributed by atoms with Crippen LogP contribution in [0.3, 0.4) is 0 Å². The Morgan fingerprint density at radius 1 is 1.24 bits per heavy atom. The molecule has 1 atom stereocenters. The summed E-state index contributed by atoms with van der Waals surface area (Å²) in [5.74, 6) is 1.10. The van der Waals surface area contributed by atoms with Crippen LogP contribution >= 0.6 is 0 Å². The van der Waals surface area contributed by atoms with E-state index in [1.54, 1.807) is 6.20 Å². The summed E-state index contributed by atoms with van der Waals surface area (Å²) in [4.78, 5) is 8.60. The molecule has 3 rings (SSSR count). The summed E-state index contributed by atoms with van der Waals surface area (Å²) in [6, 6.07) is 0.258. The van der Waals surface area contributed by atoms with Crippen LogP contribution in [0, 0.1) is 0 Å². The highest BCUT2D eigenvalue weighted by Crippen LogP contribution is 2.22. The molecular weight excluding hydrogens is 264 g/mol. The monoisotopic (exact) mass is 284 g/mol. The summed E-state index contributed by atoms with van der Waals surface area (Å²) < 4.78 is 3.94. The van der Waals surface area contributed by atoms with Gasteiger partial charge in [-0.3, -0.25) is 4.98 Å². The molecule has 6 heteroatoms. The van der Waals surface area contributed by atoms with Crippen LogP contribution in [0.15, 0.2) is 37.2 Å². The molecule has 0 saturated carbocycles. The Morgan fingerprint density at radius 2 is 2.14 bits per heavy atom. The van der Waals surface area contributed by atoms with E-state index in [0.717, 1.165) is 30.7 Å². The van der Waals surface area contributed by atoms with Crippen molar-refractivity contribution < 1.29 is 0 Å². The van der Waals surface area contributed by atoms with Crippen molar-refractivity contribution in [2.24, 2.45) is 7.05 Å². The van der Waals surface area contributed by atoms with Crippen molar-refractivity contribution in [3.05, 3.63) is 48.6 Å². The van der Waals surface area contributed by atoms with Crippen molar-refractivity contribution >= 4 is 5.52 Å². The van der Waals surface area contributed by atoms with Crippen LogP contribution in [-0.4, -0.2) is 30.7 Å². The molecule has 0 amide bonds. The largest absolute Gasteiger partial charge is 0.338 e. The number of rotatable bonds is 6. The topological polar surface area (TPSA) is 60.0 Å². The zero-order valence-corrected chi connectivity index (χ0v) is 12.4. The van der Waals surface area contributed by atoms with Crippen LogP contribution < -0.4 is 5.32 Å². The Kier molecular flexibility index (Phi) is 3.96. The van der Waals surface area contributed by atoms with Crippen molar-refractivity contribution in [3.63, 3.8) is 0 Å². The van der Waals surface area contributed by atoms with Gasteiger partial charge in [0.1, 0.15) is 5.82 Å². The van der Waals surface area contributed by atoms with E-state index in [9.17, 15) is 0 Å². The fourth-order valence-corrected chi connectivity index (χ4v) is 2.65. The van der Waals surface area contributed by atoms with Crippen molar-refractivity contribution in [3.8, 4) is 0 Å². The molecule has 0 aliphatic rings. The van der Waals surface area contributed by atoms with E-state index in [-0.39, 0.29) is 6.04 Å². The van der Waals surface area contributed by atoms with Crippen molar-refractivity contribution in [1.29, 1.82) is 0 Å². The lowest BCUT2D eigenvalue weighted by molar-refractivity contribution is 0.508. The van der Waals surface area contributed by atoms with E-state index in [0.29, 0.717) is 0 Å². The minimum absolute atomic E-state index is 0.258. The van der Waals surface area contributed by atoms with Crippen LogP contribution in [0.1, 0.15) is 30.8 Å². The van der Waals surface area contributed by atoms with Crippen LogP contribution in [0.25, 0.3) is 5.52 Å². The van der Waals surface area contributed by atoms with Crippen molar-refractivity contribution in [2.45, 2.75) is 25.8 Å². The Labute approximate surface area is 123 Å². The summed E-state index contributed by atoms with van der Waals surface area (Å²) in [7, 11) is 2.03. The maximum Gasteiger partial charge on any atom is 0.108 e. The fraction of sp³-hybridized carbons (Fsp3) is 0.400. The van der Waals surface area contributed by atoms with Crippen LogP contribution in [0.5, 0.6) is 0 Å². The SMILES string of the molecule is CCNC(CCc1nccn1C)c1cnn2ccncc12. The van der Waals surface area contributed by atoms with Gasteiger partial charge in [0.05, 0.1) is 17.9 Å². The van der Waals surface area contributed by atoms with E-state index < -0.39 is 0 Å². The Balaban J connectivity index is 1.82. The zero-order chi connectivity index (χ0) is 14.7. The fourth-order valence-electron chi connectivity index (χ4n) is 2.65. The van der Waals surface area contributed by atoms with Gasteiger partial charge in [0.2, 0.25) is 0 Å². The molecular formula is C15H20N6. The van der Waals surface area contributed by atoms with E-state index >= 15 is 0 Å². The Morgan fingerprint density at radius 3 is 2.90 bits per heavy atom. The van der Waals surface area contributed by atoms with Gasteiger partial charge in [0, 0.05) is 49.9 Å². The summed E-state index contributed by atoms with van der Waals surface area (Å²) in [5, 5.41) is 7.94. The van der Waals surface area contributed by atoms with Gasteiger partial charge < -0.3 is 9.88 Å². The zero-order valence-electron chi connectivity index (χ0n) is 12.4. The maximum absolute atomic E-state index is 4.40. The standard InChI is InChI=1S/C15H20N6/c1-3-17-13(4-5-15-18-7-8-20(15)2)12-10-19-21-9-6-16-11-14(12)21/h6-11,13,17H,3-5H2,1-2H3. The van der Waals surface area contributed by atoms with Gasteiger partial charge in [-0.05, 0) is 13.0 Å². The van der Waals surface area contributed by atoms with Gasteiger partial charge >= 0.3 is 0 Å². The van der Waals surface area contributed by atoms with Crippen molar-refractivity contribution in [1.82, 2.24) is 29.5 Å². The number of imidazole rings is 1. The molecule has 0 spiro atoms. The smallest absolute Gasteiger partial charge is 0.108 e. The third kappa shape index (κ3) is 2.80. The molecule has 3 aromatic rings. The minimum atomic E-state index is 0.258. The first-order chi connectivity index (χ1) is 10.3. The number of aryl methyl sites for hydroxylation is 2. The lowest BCUT2D eigenvalue weighted by atomic mass is 10.0. The number of hydrogen-bond donors (Lipinski definition) is 1. The second kappa shape index (κ2) is 6.05. The molecule has 21 heavy (non-hydrogen) atoms. The molecule has 1 unspecified atom stereocenters. The highest BCUT2D eigenvalue weighted by Gasteiger charge is 2.16. The number of hydrogen-bond acceptors (Lipinski definition) is 4. The highest BCUT2D eigenvalue weighted by molar-refractivity contribution is 5.53. The predicted octanol–water partition coefficient (Wildman–Crippen LogP) is 1.75. The third-order valence-electron chi connectivity index (χ3n) is 3.76. The molecule has 6 nitrogen and oxygen atoms in total. The molecule has 110 valence electrons. The van der Waals surface area contributed by atoms with Crippen LogP contribution in [-0.2, 0) is 13.5 Å². The molecule has 0 aliphatic carbocycles. The first-order valence-corrected chi connectivity index (χ1v) is 7.26. The second-order valence-corrected chi connectivity index (χ2v) is 5.11. The van der Waals surface area contributed by atoms with Crippen LogP contribution in [0.4, 0.5) is 0 Å². The number of nitrogens with one attached hydrogen (secondary N) is 1. The van der Waals surface area contributed by atoms with E-state index in [4.69, 9.17) is 0 Å². The molecule has 3 aromatic heterocycles. The van der Waals surface area contributed by atoms with Gasteiger partial charge in [-0.25, -0.2) is 9.50 Å². The average Bonchev–Trinajstić information content (AvgIpc) is 3.10. The highest BCUT2D eigenvalue weighted by atomic mass is 15.2. The average molecular weight is 284 g/mol. The number of fused-ring (bicyclic) bond motifs is 1. The van der Waals surface area contributed by atoms with Gasteiger partial charge in [-0.15, -0.1) is 0 Å². The summed E-state index contributed by atoms with van der Waals surface area (Å²) in [6.45, 7) is 3.04. The number of aromatic nitrogens is 5. The first-order valence-electron chi connectivity index (χ1n) is 7.26. The second-order valence-electron chi connectivity index (χ2n) is 5.11. The lowest BCUT2D eigenvalue weighted by Crippen LogP contribution is -2.21. The normalized spacial score (nSPS) is 12.9. The van der Waals surface area contributed by atoms with E-state index in [2.05, 4.69) is 31.9 Å². The third-order valence-corrected chi connectivity index (χ3v) is 3.76. The summed E-state index contributed by atoms with van der Waals surface area (Å²) in [5.41, 5.74) is 2.25. The summed E-state index contributed by atoms with van der Waals surface area (Å²) in [6.07, 6.45) is 13.2. The molecule has 1 N–H and O–H groups in total. The quantitative estimate of drug-likeness (QED) is 0.749. The van der Waals surface area contributed by atoms with E-state index in [1.165, 1.54) is 5.56 Å². The maximum atomic E-state index is 4.40. The summed E-state index contributed by atoms with van der Waals surface area (Å²) >= 11 is 0. The van der Waals surface area contributed by atoms with Crippen LogP contribution in [0.2, 0.25) is 0 Å². The van der Waals surface area contributed by atoms with Gasteiger partial charge in [0.15, 0.2) is 0 Å². The molecule has 0 fully saturated rings. The molecule has 0 saturated heterocycles. The first kappa shape index (κ1) is 13.8. The van der Waals surface area contributed by atoms with Crippen molar-refractivity contribution in [2.75, 3.05) is 6.54 Å². The van der Waals surface area contributed by atoms with Gasteiger partial charge in [-0.1, -0.05) is 6.92 Å². The van der Waals surface area contributed by atoms with Gasteiger partial charge in [0.25, 0.3) is 0 Å². The molecule has 0 aliphatic heterocycles. The minimum Gasteiger partial charge on any atom is -0.338 e. The Hall–Kier alpha value is -2.21. The molecule has 0 bridgehead atoms. The molecule has 0 radical (unpaired) electrons. The predicted molar refractivity (Wildman–Crippen MR) is 80.9 cm³/mol. The van der Waals surface area contributed by atoms with E-state index in [1.807, 2.05) is 42.5 Å². The number of nitrogens with zero attached hydrogens (tertiary/aromatic N) is 5. The van der Waals surface area contributed by atoms with Gasteiger partial charge in [-0.2, -0.15) is 5.10 Å². The molecule has 3 heterocycles. The Bertz CT molecular complexity index is 714. The lowest BCUT2D eigenvalue weighted by Gasteiger charge is -2.16. The molecule has 0 aromatic carbocycles.